The van der Waals surface area contributed by atoms with Gasteiger partial charge in [-0.15, -0.1) is 0 Å². The predicted octanol–water partition coefficient (Wildman–Crippen LogP) is -1.16. The van der Waals surface area contributed by atoms with Gasteiger partial charge in [0.05, 0.1) is 31.4 Å². The SMILES string of the molecule is CC(C)=CCC/C(C)=C/CC/C(C)=C/C=NC1C(O)C(CO)OC(OC(O)C(N)CC(N)C(C)OC2OC(CO)C(O)C(O)C2N)C1O. The van der Waals surface area contributed by atoms with Crippen molar-refractivity contribution in [2.75, 3.05) is 13.2 Å². The monoisotopic (exact) mass is 688 g/mol. The molecular weight excluding hydrogens is 628 g/mol. The molecule has 0 aromatic rings. The number of hydrogen-bond donors (Lipinski definition) is 10. The molecule has 0 amide bonds. The van der Waals surface area contributed by atoms with Crippen LogP contribution in [0.3, 0.4) is 0 Å². The van der Waals surface area contributed by atoms with Crippen molar-refractivity contribution in [2.24, 2.45) is 22.2 Å². The normalized spacial score (nSPS) is 34.6. The van der Waals surface area contributed by atoms with Crippen LogP contribution in [0.2, 0.25) is 0 Å². The van der Waals surface area contributed by atoms with E-state index in [-0.39, 0.29) is 6.42 Å². The lowest BCUT2D eigenvalue weighted by molar-refractivity contribution is -0.316. The smallest absolute Gasteiger partial charge is 0.189 e. The van der Waals surface area contributed by atoms with Gasteiger partial charge in [0.15, 0.2) is 18.9 Å². The van der Waals surface area contributed by atoms with Crippen molar-refractivity contribution in [3.63, 3.8) is 0 Å². The van der Waals surface area contributed by atoms with Gasteiger partial charge in [-0.25, -0.2) is 0 Å². The Labute approximate surface area is 283 Å². The van der Waals surface area contributed by atoms with Crippen LogP contribution in [0, 0.1) is 0 Å². The molecule has 13 N–H and O–H groups in total. The van der Waals surface area contributed by atoms with Crippen molar-refractivity contribution in [3.8, 4) is 0 Å². The van der Waals surface area contributed by atoms with E-state index in [9.17, 15) is 35.7 Å². The number of aliphatic hydroxyl groups is 7. The number of aliphatic hydroxyl groups excluding tert-OH is 7. The number of nitrogens with zero attached hydrogens (tertiary/aromatic N) is 1. The van der Waals surface area contributed by atoms with E-state index in [4.69, 9.17) is 36.1 Å². The number of rotatable bonds is 18. The number of ether oxygens (including phenoxy) is 4. The third-order valence-electron chi connectivity index (χ3n) is 8.65. The lowest BCUT2D eigenvalue weighted by Crippen LogP contribution is -2.63. The average Bonchev–Trinajstić information content (AvgIpc) is 3.03. The number of nitrogens with two attached hydrogens (primary N) is 3. The van der Waals surface area contributed by atoms with Gasteiger partial charge in [0.2, 0.25) is 0 Å². The van der Waals surface area contributed by atoms with Crippen LogP contribution >= 0.6 is 0 Å². The molecule has 0 aromatic carbocycles. The minimum Gasteiger partial charge on any atom is -0.394 e. The first kappa shape index (κ1) is 42.5. The van der Waals surface area contributed by atoms with Crippen molar-refractivity contribution in [1.29, 1.82) is 0 Å². The molecule has 14 atom stereocenters. The Hall–Kier alpha value is -1.67. The first-order valence-electron chi connectivity index (χ1n) is 16.6. The van der Waals surface area contributed by atoms with Crippen LogP contribution < -0.4 is 17.2 Å². The first-order chi connectivity index (χ1) is 22.6. The van der Waals surface area contributed by atoms with Gasteiger partial charge in [0.25, 0.3) is 0 Å². The Morgan fingerprint density at radius 3 is 2.00 bits per heavy atom. The van der Waals surface area contributed by atoms with E-state index in [0.29, 0.717) is 0 Å². The van der Waals surface area contributed by atoms with E-state index >= 15 is 0 Å². The topological polar surface area (TPSA) is 269 Å². The fourth-order valence-electron chi connectivity index (χ4n) is 5.35. The molecule has 14 unspecified atom stereocenters. The lowest BCUT2D eigenvalue weighted by Gasteiger charge is -2.42. The van der Waals surface area contributed by atoms with Crippen LogP contribution in [0.15, 0.2) is 39.9 Å². The summed E-state index contributed by atoms with van der Waals surface area (Å²) in [6, 6.07) is -4.15. The van der Waals surface area contributed by atoms with Crippen LogP contribution in [-0.4, -0.2) is 141 Å². The second-order valence-corrected chi connectivity index (χ2v) is 13.1. The highest BCUT2D eigenvalue weighted by Crippen LogP contribution is 2.26. The summed E-state index contributed by atoms with van der Waals surface area (Å²) in [6.07, 6.45) is -1.68. The van der Waals surface area contributed by atoms with Gasteiger partial charge < -0.3 is 71.9 Å². The Balaban J connectivity index is 1.95. The van der Waals surface area contributed by atoms with Crippen molar-refractivity contribution < 1.29 is 54.7 Å². The van der Waals surface area contributed by atoms with Crippen molar-refractivity contribution in [3.05, 3.63) is 34.9 Å². The third kappa shape index (κ3) is 12.9. The van der Waals surface area contributed by atoms with Gasteiger partial charge in [-0.3, -0.25) is 4.99 Å². The summed E-state index contributed by atoms with van der Waals surface area (Å²) in [5.41, 5.74) is 22.0. The Kier molecular flexibility index (Phi) is 18.5. The summed E-state index contributed by atoms with van der Waals surface area (Å²) in [4.78, 5) is 4.33. The molecule has 0 saturated carbocycles. The molecule has 0 bridgehead atoms. The fraction of sp³-hybridized carbons (Fsp3) is 0.788. The summed E-state index contributed by atoms with van der Waals surface area (Å²) < 4.78 is 22.3. The van der Waals surface area contributed by atoms with Crippen LogP contribution in [0.5, 0.6) is 0 Å². The molecule has 15 heteroatoms. The quantitative estimate of drug-likeness (QED) is 0.0462. The summed E-state index contributed by atoms with van der Waals surface area (Å²) >= 11 is 0. The highest BCUT2D eigenvalue weighted by atomic mass is 16.7. The molecule has 2 fully saturated rings. The van der Waals surface area contributed by atoms with Crippen LogP contribution in [0.4, 0.5) is 0 Å². The van der Waals surface area contributed by atoms with E-state index in [2.05, 4.69) is 37.9 Å². The molecule has 2 rings (SSSR count). The van der Waals surface area contributed by atoms with Gasteiger partial charge in [0, 0.05) is 12.3 Å². The van der Waals surface area contributed by atoms with E-state index in [1.54, 1.807) is 13.0 Å². The highest BCUT2D eigenvalue weighted by molar-refractivity contribution is 5.72. The molecule has 278 valence electrons. The summed E-state index contributed by atoms with van der Waals surface area (Å²) in [5, 5.41) is 71.7. The Morgan fingerprint density at radius 1 is 0.792 bits per heavy atom. The van der Waals surface area contributed by atoms with Crippen LogP contribution in [-0.2, 0) is 18.9 Å². The largest absolute Gasteiger partial charge is 0.394 e. The fourth-order valence-corrected chi connectivity index (χ4v) is 5.35. The number of aliphatic imine (C=N–C) groups is 1. The van der Waals surface area contributed by atoms with Crippen molar-refractivity contribution >= 4 is 6.21 Å². The molecule has 15 nitrogen and oxygen atoms in total. The molecule has 2 saturated heterocycles. The van der Waals surface area contributed by atoms with Crippen LogP contribution in [0.25, 0.3) is 0 Å². The average molecular weight is 689 g/mol. The Bertz CT molecular complexity index is 1070. The first-order valence-corrected chi connectivity index (χ1v) is 16.6. The predicted molar refractivity (Wildman–Crippen MR) is 179 cm³/mol. The minimum atomic E-state index is -1.69. The van der Waals surface area contributed by atoms with Gasteiger partial charge in [-0.1, -0.05) is 28.9 Å². The molecule has 2 aliphatic heterocycles. The summed E-state index contributed by atoms with van der Waals surface area (Å²) in [5.74, 6) is 0. The highest BCUT2D eigenvalue weighted by Gasteiger charge is 2.46. The standard InChI is InChI=1S/C33H60N4O11/c1-17(2)8-6-9-18(3)10-7-11-19(4)12-13-37-26-27(40)23(15-38)47-33(30(26)43)48-31(44)22(35)14-21(34)20(5)45-32-25(36)29(42)28(41)24(16-39)46-32/h8,10,12-13,20-33,38-44H,6-7,9,11,14-16,34-36H2,1-5H3/b18-10+,19-12+,37-13?. The van der Waals surface area contributed by atoms with Gasteiger partial charge in [-0.05, 0) is 72.8 Å². The molecule has 0 aliphatic carbocycles. The minimum absolute atomic E-state index is 0.0520. The Morgan fingerprint density at radius 2 is 1.38 bits per heavy atom. The van der Waals surface area contributed by atoms with E-state index in [1.165, 1.54) is 17.4 Å². The van der Waals surface area contributed by atoms with E-state index in [0.717, 1.165) is 31.3 Å². The summed E-state index contributed by atoms with van der Waals surface area (Å²) in [7, 11) is 0. The number of hydrogen-bond acceptors (Lipinski definition) is 15. The van der Waals surface area contributed by atoms with Crippen molar-refractivity contribution in [2.45, 2.75) is 152 Å². The third-order valence-corrected chi connectivity index (χ3v) is 8.65. The van der Waals surface area contributed by atoms with E-state index < -0.39 is 99.0 Å². The maximum atomic E-state index is 11.0. The zero-order valence-corrected chi connectivity index (χ0v) is 28.8. The van der Waals surface area contributed by atoms with E-state index in [1.807, 2.05) is 6.92 Å². The summed E-state index contributed by atoms with van der Waals surface area (Å²) in [6.45, 7) is 8.69. The molecule has 2 heterocycles. The zero-order chi connectivity index (χ0) is 36.1. The van der Waals surface area contributed by atoms with Crippen molar-refractivity contribution in [1.82, 2.24) is 0 Å². The maximum Gasteiger partial charge on any atom is 0.189 e. The maximum absolute atomic E-state index is 11.0. The zero-order valence-electron chi connectivity index (χ0n) is 28.8. The number of allylic oxidation sites excluding steroid dienone is 6. The molecule has 0 aromatic heterocycles. The van der Waals surface area contributed by atoms with Gasteiger partial charge in [0.1, 0.15) is 42.7 Å². The molecular formula is C33H60N4O11. The van der Waals surface area contributed by atoms with Gasteiger partial charge >= 0.3 is 0 Å². The second kappa shape index (κ2) is 20.9. The second-order valence-electron chi connectivity index (χ2n) is 13.1. The van der Waals surface area contributed by atoms with Crippen LogP contribution in [0.1, 0.15) is 66.7 Å². The molecule has 0 spiro atoms. The molecule has 2 aliphatic rings. The molecule has 48 heavy (non-hydrogen) atoms. The lowest BCUT2D eigenvalue weighted by atomic mass is 9.96. The molecule has 0 radical (unpaired) electrons. The van der Waals surface area contributed by atoms with Gasteiger partial charge in [-0.2, -0.15) is 0 Å².